The van der Waals surface area contributed by atoms with Crippen LogP contribution < -0.4 is 0 Å². The smallest absolute Gasteiger partial charge is 0.109 e. The molecule has 1 aliphatic rings. The van der Waals surface area contributed by atoms with Gasteiger partial charge in [0.05, 0.1) is 0 Å². The summed E-state index contributed by atoms with van der Waals surface area (Å²) in [7, 11) is 0. The highest BCUT2D eigenvalue weighted by Gasteiger charge is 2.11. The second-order valence-corrected chi connectivity index (χ2v) is 5.42. The van der Waals surface area contributed by atoms with Gasteiger partial charge in [0.2, 0.25) is 0 Å². The van der Waals surface area contributed by atoms with Gasteiger partial charge in [-0.3, -0.25) is 0 Å². The van der Waals surface area contributed by atoms with Crippen LogP contribution in [0.15, 0.2) is 59.8 Å². The zero-order chi connectivity index (χ0) is 14.5. The Kier molecular flexibility index (Phi) is 4.15. The lowest BCUT2D eigenvalue weighted by Crippen LogP contribution is -2.05. The van der Waals surface area contributed by atoms with Crippen LogP contribution in [0.2, 0.25) is 0 Å². The van der Waals surface area contributed by atoms with E-state index in [0.717, 1.165) is 17.5 Å². The minimum absolute atomic E-state index is 0.604. The fourth-order valence-corrected chi connectivity index (χ4v) is 2.82. The van der Waals surface area contributed by atoms with Crippen LogP contribution >= 0.6 is 0 Å². The molecule has 3 rings (SSSR count). The number of fused-ring (bicyclic) bond motifs is 1. The highest BCUT2D eigenvalue weighted by molar-refractivity contribution is 6.10. The summed E-state index contributed by atoms with van der Waals surface area (Å²) in [5.74, 6) is 0. The van der Waals surface area contributed by atoms with E-state index in [9.17, 15) is 5.21 Å². The molecule has 2 heteroatoms. The van der Waals surface area contributed by atoms with Gasteiger partial charge >= 0.3 is 0 Å². The molecule has 0 fully saturated rings. The summed E-state index contributed by atoms with van der Waals surface area (Å²) >= 11 is 0. The van der Waals surface area contributed by atoms with E-state index in [1.165, 1.54) is 30.4 Å². The standard InChI is InChI=1S/C19H19NO/c21-20-19(13-10-15-6-2-1-3-7-15)18-12-11-16-8-4-5-9-17(16)14-18/h1-3,6-7,10-14,21H,4-5,8-9H2/b13-10+,20-19-. The molecule has 21 heavy (non-hydrogen) atoms. The fourth-order valence-electron chi connectivity index (χ4n) is 2.82. The summed E-state index contributed by atoms with van der Waals surface area (Å²) in [5, 5.41) is 12.8. The molecule has 0 saturated heterocycles. The molecule has 0 spiro atoms. The van der Waals surface area contributed by atoms with Crippen LogP contribution in [0.4, 0.5) is 0 Å². The number of hydrogen-bond acceptors (Lipinski definition) is 2. The van der Waals surface area contributed by atoms with Gasteiger partial charge in [0, 0.05) is 5.56 Å². The van der Waals surface area contributed by atoms with Crippen molar-refractivity contribution in [1.82, 2.24) is 0 Å². The second kappa shape index (κ2) is 6.40. The van der Waals surface area contributed by atoms with E-state index in [4.69, 9.17) is 0 Å². The molecule has 2 aromatic rings. The number of rotatable bonds is 3. The van der Waals surface area contributed by atoms with E-state index in [0.29, 0.717) is 5.71 Å². The Bertz CT molecular complexity index is 671. The molecule has 106 valence electrons. The first kappa shape index (κ1) is 13.6. The first-order valence-electron chi connectivity index (χ1n) is 7.44. The zero-order valence-corrected chi connectivity index (χ0v) is 12.0. The minimum atomic E-state index is 0.604. The molecule has 0 aliphatic heterocycles. The molecule has 0 unspecified atom stereocenters. The third-order valence-corrected chi connectivity index (χ3v) is 3.99. The van der Waals surface area contributed by atoms with Crippen LogP contribution in [0.25, 0.3) is 6.08 Å². The number of hydrogen-bond donors (Lipinski definition) is 1. The number of benzene rings is 2. The lowest BCUT2D eigenvalue weighted by Gasteiger charge is -2.16. The highest BCUT2D eigenvalue weighted by Crippen LogP contribution is 2.22. The van der Waals surface area contributed by atoms with E-state index in [-0.39, 0.29) is 0 Å². The van der Waals surface area contributed by atoms with Crippen molar-refractivity contribution < 1.29 is 5.21 Å². The maximum absolute atomic E-state index is 9.30. The van der Waals surface area contributed by atoms with Gasteiger partial charge in [0.15, 0.2) is 0 Å². The first-order chi connectivity index (χ1) is 10.4. The van der Waals surface area contributed by atoms with E-state index in [2.05, 4.69) is 23.4 Å². The summed E-state index contributed by atoms with van der Waals surface area (Å²) < 4.78 is 0. The SMILES string of the molecule is O/N=C(/C=C/c1ccccc1)c1ccc2c(c1)CCCC2. The van der Waals surface area contributed by atoms with E-state index >= 15 is 0 Å². The summed E-state index contributed by atoms with van der Waals surface area (Å²) in [6.45, 7) is 0. The van der Waals surface area contributed by atoms with E-state index in [1.54, 1.807) is 0 Å². The number of allylic oxidation sites excluding steroid dienone is 1. The Morgan fingerprint density at radius 3 is 2.48 bits per heavy atom. The molecular formula is C19H19NO. The maximum Gasteiger partial charge on any atom is 0.109 e. The average molecular weight is 277 g/mol. The summed E-state index contributed by atoms with van der Waals surface area (Å²) in [4.78, 5) is 0. The largest absolute Gasteiger partial charge is 0.410 e. The Morgan fingerprint density at radius 2 is 1.71 bits per heavy atom. The van der Waals surface area contributed by atoms with Gasteiger partial charge in [-0.25, -0.2) is 0 Å². The van der Waals surface area contributed by atoms with Crippen molar-refractivity contribution in [3.8, 4) is 0 Å². The summed E-state index contributed by atoms with van der Waals surface area (Å²) in [6.07, 6.45) is 8.66. The summed E-state index contributed by atoms with van der Waals surface area (Å²) in [6, 6.07) is 16.4. The number of oxime groups is 1. The Hall–Kier alpha value is -2.35. The molecule has 2 aromatic carbocycles. The summed E-state index contributed by atoms with van der Waals surface area (Å²) in [5.41, 5.74) is 5.51. The van der Waals surface area contributed by atoms with Gasteiger partial charge in [0.25, 0.3) is 0 Å². The molecule has 0 heterocycles. The third-order valence-electron chi connectivity index (χ3n) is 3.99. The van der Waals surface area contributed by atoms with Crippen LogP contribution in [0, 0.1) is 0 Å². The first-order valence-corrected chi connectivity index (χ1v) is 7.44. The molecule has 0 atom stereocenters. The molecule has 1 N–H and O–H groups in total. The predicted molar refractivity (Wildman–Crippen MR) is 86.9 cm³/mol. The highest BCUT2D eigenvalue weighted by atomic mass is 16.4. The van der Waals surface area contributed by atoms with Gasteiger partial charge < -0.3 is 5.21 Å². The van der Waals surface area contributed by atoms with E-state index in [1.807, 2.05) is 42.5 Å². The molecule has 1 aliphatic carbocycles. The maximum atomic E-state index is 9.30. The quantitative estimate of drug-likeness (QED) is 0.501. The molecule has 0 aromatic heterocycles. The second-order valence-electron chi connectivity index (χ2n) is 5.42. The van der Waals surface area contributed by atoms with Crippen LogP contribution in [-0.4, -0.2) is 10.9 Å². The Morgan fingerprint density at radius 1 is 0.952 bits per heavy atom. The number of aryl methyl sites for hydroxylation is 2. The van der Waals surface area contributed by atoms with Gasteiger partial charge in [-0.2, -0.15) is 0 Å². The average Bonchev–Trinajstić information content (AvgIpc) is 2.56. The van der Waals surface area contributed by atoms with Crippen LogP contribution in [0.5, 0.6) is 0 Å². The lowest BCUT2D eigenvalue weighted by atomic mass is 9.89. The van der Waals surface area contributed by atoms with Gasteiger partial charge in [0.1, 0.15) is 5.71 Å². The van der Waals surface area contributed by atoms with Crippen molar-refractivity contribution >= 4 is 11.8 Å². The normalized spacial score (nSPS) is 15.1. The van der Waals surface area contributed by atoms with Crippen molar-refractivity contribution in [3.05, 3.63) is 76.9 Å². The molecular weight excluding hydrogens is 258 g/mol. The predicted octanol–water partition coefficient (Wildman–Crippen LogP) is 4.46. The van der Waals surface area contributed by atoms with Crippen molar-refractivity contribution in [3.63, 3.8) is 0 Å². The molecule has 0 radical (unpaired) electrons. The molecule has 0 amide bonds. The monoisotopic (exact) mass is 277 g/mol. The zero-order valence-electron chi connectivity index (χ0n) is 12.0. The molecule has 0 saturated carbocycles. The van der Waals surface area contributed by atoms with Crippen LogP contribution in [0.1, 0.15) is 35.1 Å². The lowest BCUT2D eigenvalue weighted by molar-refractivity contribution is 0.320. The molecule has 2 nitrogen and oxygen atoms in total. The fraction of sp³-hybridized carbons (Fsp3) is 0.211. The van der Waals surface area contributed by atoms with Gasteiger partial charge in [-0.1, -0.05) is 53.7 Å². The van der Waals surface area contributed by atoms with E-state index < -0.39 is 0 Å². The number of nitrogens with zero attached hydrogens (tertiary/aromatic N) is 1. The van der Waals surface area contributed by atoms with Crippen molar-refractivity contribution in [1.29, 1.82) is 0 Å². The van der Waals surface area contributed by atoms with Crippen molar-refractivity contribution in [2.45, 2.75) is 25.7 Å². The van der Waals surface area contributed by atoms with Crippen LogP contribution in [0.3, 0.4) is 0 Å². The van der Waals surface area contributed by atoms with Crippen molar-refractivity contribution in [2.24, 2.45) is 5.16 Å². The minimum Gasteiger partial charge on any atom is -0.410 e. The topological polar surface area (TPSA) is 32.6 Å². The molecule has 0 bridgehead atoms. The van der Waals surface area contributed by atoms with Gasteiger partial charge in [-0.15, -0.1) is 0 Å². The third kappa shape index (κ3) is 3.22. The Balaban J connectivity index is 1.85. The van der Waals surface area contributed by atoms with Crippen LogP contribution in [-0.2, 0) is 12.8 Å². The van der Waals surface area contributed by atoms with Crippen molar-refractivity contribution in [2.75, 3.05) is 0 Å². The van der Waals surface area contributed by atoms with Gasteiger partial charge in [-0.05, 0) is 54.5 Å². The Labute approximate surface area is 125 Å².